The summed E-state index contributed by atoms with van der Waals surface area (Å²) < 4.78 is 26.7. The second kappa shape index (κ2) is 8.99. The van der Waals surface area contributed by atoms with E-state index in [1.54, 1.807) is 6.07 Å². The highest BCUT2D eigenvalue weighted by Crippen LogP contribution is 2.37. The van der Waals surface area contributed by atoms with Crippen LogP contribution in [0.5, 0.6) is 0 Å². The highest BCUT2D eigenvalue weighted by Gasteiger charge is 2.35. The van der Waals surface area contributed by atoms with Gasteiger partial charge in [-0.3, -0.25) is 9.78 Å². The maximum Gasteiger partial charge on any atom is 0.253 e. The Bertz CT molecular complexity index is 955. The lowest BCUT2D eigenvalue weighted by atomic mass is 9.87. The van der Waals surface area contributed by atoms with E-state index in [0.717, 1.165) is 29.4 Å². The average molecular weight is 450 g/mol. The first-order valence-corrected chi connectivity index (χ1v) is 11.5. The van der Waals surface area contributed by atoms with Gasteiger partial charge in [-0.15, -0.1) is 0 Å². The quantitative estimate of drug-likeness (QED) is 0.642. The number of nitrogens with one attached hydrogen (secondary N) is 1. The summed E-state index contributed by atoms with van der Waals surface area (Å²) in [6, 6.07) is 8.12. The molecule has 168 valence electrons. The molecular weight excluding hydrogens is 420 g/mol. The van der Waals surface area contributed by atoms with Crippen LogP contribution in [0.15, 0.2) is 24.3 Å². The minimum atomic E-state index is -2.56. The number of alkyl halides is 2. The lowest BCUT2D eigenvalue weighted by molar-refractivity contribution is -0.0452. The maximum absolute atomic E-state index is 13.4. The number of amides is 1. The fraction of sp³-hybridized carbons (Fsp3) is 0.583. The molecule has 0 spiro atoms. The normalized spacial score (nSPS) is 24.1. The number of halogens is 3. The van der Waals surface area contributed by atoms with E-state index >= 15 is 0 Å². The molecule has 1 aromatic carbocycles. The molecule has 1 heterocycles. The Morgan fingerprint density at radius 1 is 1.16 bits per heavy atom. The molecule has 2 atom stereocenters. The van der Waals surface area contributed by atoms with Gasteiger partial charge in [0.05, 0.1) is 16.1 Å². The molecule has 4 rings (SSSR count). The molecule has 0 bridgehead atoms. The molecule has 2 aromatic rings. The van der Waals surface area contributed by atoms with E-state index in [1.807, 2.05) is 18.2 Å². The number of nitrogens with zero attached hydrogens (tertiary/aromatic N) is 2. The largest absolute Gasteiger partial charge is 0.352 e. The Labute approximate surface area is 187 Å². The molecule has 1 N–H and O–H groups in total. The number of hydrogen-bond donors (Lipinski definition) is 1. The Morgan fingerprint density at radius 3 is 2.58 bits per heavy atom. The van der Waals surface area contributed by atoms with E-state index in [-0.39, 0.29) is 24.7 Å². The molecule has 0 saturated heterocycles. The molecule has 0 radical (unpaired) electrons. The van der Waals surface area contributed by atoms with Gasteiger partial charge in [-0.1, -0.05) is 17.7 Å². The van der Waals surface area contributed by atoms with Gasteiger partial charge in [0.25, 0.3) is 5.91 Å². The van der Waals surface area contributed by atoms with Crippen molar-refractivity contribution in [2.75, 3.05) is 20.6 Å². The van der Waals surface area contributed by atoms with Crippen molar-refractivity contribution in [1.82, 2.24) is 15.2 Å². The predicted molar refractivity (Wildman–Crippen MR) is 120 cm³/mol. The van der Waals surface area contributed by atoms with E-state index < -0.39 is 5.92 Å². The van der Waals surface area contributed by atoms with E-state index in [9.17, 15) is 13.6 Å². The minimum Gasteiger partial charge on any atom is -0.352 e. The number of rotatable bonds is 5. The molecule has 2 fully saturated rings. The monoisotopic (exact) mass is 449 g/mol. The number of carbonyl (C=O) groups is 1. The maximum atomic E-state index is 13.4. The standard InChI is InChI=1S/C24H30ClF2N3O/c1-30(2)17-4-3-16(13-17)20-7-5-18-21(29-20)8-6-19(25)22(18)23(31)28-14-15-9-11-24(26,27)12-10-15/h5-8,15-17H,3-4,9-14H2,1-2H3,(H,28,31). The van der Waals surface area contributed by atoms with Gasteiger partial charge in [0.2, 0.25) is 5.92 Å². The van der Waals surface area contributed by atoms with Crippen LogP contribution in [0.25, 0.3) is 10.9 Å². The fourth-order valence-electron chi connectivity index (χ4n) is 4.98. The molecule has 2 saturated carbocycles. The van der Waals surface area contributed by atoms with E-state index in [1.165, 1.54) is 6.42 Å². The average Bonchev–Trinajstić information content (AvgIpc) is 3.23. The van der Waals surface area contributed by atoms with Gasteiger partial charge in [-0.2, -0.15) is 0 Å². The van der Waals surface area contributed by atoms with Crippen LogP contribution in [-0.4, -0.2) is 48.4 Å². The molecular formula is C24H30ClF2N3O. The zero-order valence-corrected chi connectivity index (χ0v) is 18.9. The summed E-state index contributed by atoms with van der Waals surface area (Å²) in [6.07, 6.45) is 4.01. The van der Waals surface area contributed by atoms with Crippen molar-refractivity contribution in [1.29, 1.82) is 0 Å². The molecule has 7 heteroatoms. The van der Waals surface area contributed by atoms with Gasteiger partial charge in [-0.25, -0.2) is 8.78 Å². The minimum absolute atomic E-state index is 0.0778. The topological polar surface area (TPSA) is 45.2 Å². The molecule has 2 aliphatic rings. The zero-order valence-electron chi connectivity index (χ0n) is 18.1. The van der Waals surface area contributed by atoms with Gasteiger partial charge in [0.15, 0.2) is 0 Å². The van der Waals surface area contributed by atoms with Crippen molar-refractivity contribution in [2.45, 2.75) is 62.8 Å². The molecule has 2 aliphatic carbocycles. The number of fused-ring (bicyclic) bond motifs is 1. The Hall–Kier alpha value is -1.79. The van der Waals surface area contributed by atoms with E-state index in [2.05, 4.69) is 24.3 Å². The van der Waals surface area contributed by atoms with Crippen molar-refractivity contribution < 1.29 is 13.6 Å². The SMILES string of the molecule is CN(C)C1CCC(c2ccc3c(C(=O)NCC4CCC(F)(F)CC4)c(Cl)ccc3n2)C1. The van der Waals surface area contributed by atoms with Crippen molar-refractivity contribution in [3.63, 3.8) is 0 Å². The summed E-state index contributed by atoms with van der Waals surface area (Å²) in [7, 11) is 4.24. The first kappa shape index (κ1) is 22.4. The molecule has 2 unspecified atom stereocenters. The van der Waals surface area contributed by atoms with Crippen LogP contribution in [0, 0.1) is 5.92 Å². The summed E-state index contributed by atoms with van der Waals surface area (Å²) in [5.74, 6) is -2.33. The predicted octanol–water partition coefficient (Wildman–Crippen LogP) is 5.64. The third-order valence-corrected chi connectivity index (χ3v) is 7.33. The summed E-state index contributed by atoms with van der Waals surface area (Å²) in [5.41, 5.74) is 2.24. The van der Waals surface area contributed by atoms with Crippen LogP contribution in [0.2, 0.25) is 5.02 Å². The third-order valence-electron chi connectivity index (χ3n) is 7.01. The Morgan fingerprint density at radius 2 is 1.90 bits per heavy atom. The zero-order chi connectivity index (χ0) is 22.2. The highest BCUT2D eigenvalue weighted by atomic mass is 35.5. The van der Waals surface area contributed by atoms with Crippen molar-refractivity contribution >= 4 is 28.4 Å². The summed E-state index contributed by atoms with van der Waals surface area (Å²) >= 11 is 6.38. The Kier molecular flexibility index (Phi) is 6.50. The number of benzene rings is 1. The molecule has 4 nitrogen and oxygen atoms in total. The first-order valence-electron chi connectivity index (χ1n) is 11.1. The van der Waals surface area contributed by atoms with Crippen LogP contribution in [-0.2, 0) is 0 Å². The number of pyridine rings is 1. The van der Waals surface area contributed by atoms with Crippen molar-refractivity contribution in [3.05, 3.63) is 40.5 Å². The molecule has 1 aromatic heterocycles. The highest BCUT2D eigenvalue weighted by molar-refractivity contribution is 6.35. The van der Waals surface area contributed by atoms with Gasteiger partial charge < -0.3 is 10.2 Å². The van der Waals surface area contributed by atoms with E-state index in [0.29, 0.717) is 41.9 Å². The molecule has 0 aliphatic heterocycles. The van der Waals surface area contributed by atoms with Crippen LogP contribution < -0.4 is 5.32 Å². The van der Waals surface area contributed by atoms with Crippen LogP contribution in [0.3, 0.4) is 0 Å². The third kappa shape index (κ3) is 5.01. The lowest BCUT2D eigenvalue weighted by Gasteiger charge is -2.28. The number of hydrogen-bond acceptors (Lipinski definition) is 3. The van der Waals surface area contributed by atoms with Crippen LogP contribution in [0.1, 0.15) is 66.9 Å². The number of carbonyl (C=O) groups excluding carboxylic acids is 1. The van der Waals surface area contributed by atoms with Gasteiger partial charge in [0, 0.05) is 42.4 Å². The smallest absolute Gasteiger partial charge is 0.253 e. The fourth-order valence-corrected chi connectivity index (χ4v) is 5.23. The molecule has 1 amide bonds. The van der Waals surface area contributed by atoms with Gasteiger partial charge >= 0.3 is 0 Å². The summed E-state index contributed by atoms with van der Waals surface area (Å²) in [5, 5.41) is 4.02. The molecule has 31 heavy (non-hydrogen) atoms. The van der Waals surface area contributed by atoms with Gasteiger partial charge in [-0.05, 0) is 70.3 Å². The van der Waals surface area contributed by atoms with Crippen molar-refractivity contribution in [3.8, 4) is 0 Å². The summed E-state index contributed by atoms with van der Waals surface area (Å²) in [4.78, 5) is 20.1. The lowest BCUT2D eigenvalue weighted by Crippen LogP contribution is -2.34. The van der Waals surface area contributed by atoms with Gasteiger partial charge in [0.1, 0.15) is 0 Å². The van der Waals surface area contributed by atoms with Crippen LogP contribution in [0.4, 0.5) is 8.78 Å². The van der Waals surface area contributed by atoms with E-state index in [4.69, 9.17) is 16.6 Å². The van der Waals surface area contributed by atoms with Crippen molar-refractivity contribution in [2.24, 2.45) is 5.92 Å². The first-order chi connectivity index (χ1) is 14.7. The Balaban J connectivity index is 1.48. The second-order valence-corrected chi connectivity index (χ2v) is 9.77. The number of aromatic nitrogens is 1. The van der Waals surface area contributed by atoms with Crippen LogP contribution >= 0.6 is 11.6 Å². The summed E-state index contributed by atoms with van der Waals surface area (Å²) in [6.45, 7) is 0.390. The second-order valence-electron chi connectivity index (χ2n) is 9.36.